The van der Waals surface area contributed by atoms with Crippen LogP contribution in [0, 0.1) is 6.92 Å². The summed E-state index contributed by atoms with van der Waals surface area (Å²) in [5.74, 6) is -0.155. The molecule has 1 atom stereocenters. The maximum absolute atomic E-state index is 12.5. The van der Waals surface area contributed by atoms with E-state index in [0.29, 0.717) is 32.7 Å². The lowest BCUT2D eigenvalue weighted by atomic mass is 10.1. The number of ether oxygens (including phenoxy) is 1. The fraction of sp³-hybridized carbons (Fsp3) is 0.130. The quantitative estimate of drug-likeness (QED) is 0.494. The van der Waals surface area contributed by atoms with Crippen LogP contribution < -0.4 is 15.4 Å². The molecule has 0 aliphatic carbocycles. The molecule has 2 amide bonds. The van der Waals surface area contributed by atoms with Crippen molar-refractivity contribution in [1.29, 1.82) is 0 Å². The predicted octanol–water partition coefficient (Wildman–Crippen LogP) is 5.96. The van der Waals surface area contributed by atoms with Crippen molar-refractivity contribution in [2.75, 3.05) is 10.6 Å². The van der Waals surface area contributed by atoms with Gasteiger partial charge in [-0.2, -0.15) is 0 Å². The lowest BCUT2D eigenvalue weighted by Gasteiger charge is -2.16. The number of hydrogen-bond acceptors (Lipinski definition) is 3. The van der Waals surface area contributed by atoms with Crippen molar-refractivity contribution in [3.05, 3.63) is 87.9 Å². The Labute approximate surface area is 185 Å². The van der Waals surface area contributed by atoms with E-state index in [4.69, 9.17) is 27.9 Å². The lowest BCUT2D eigenvalue weighted by molar-refractivity contribution is -0.122. The van der Waals surface area contributed by atoms with Crippen LogP contribution in [0.1, 0.15) is 22.8 Å². The van der Waals surface area contributed by atoms with Crippen molar-refractivity contribution < 1.29 is 14.3 Å². The van der Waals surface area contributed by atoms with E-state index >= 15 is 0 Å². The normalized spacial score (nSPS) is 11.5. The Morgan fingerprint density at radius 3 is 2.33 bits per heavy atom. The summed E-state index contributed by atoms with van der Waals surface area (Å²) in [4.78, 5) is 24.8. The molecule has 0 heterocycles. The van der Waals surface area contributed by atoms with E-state index in [2.05, 4.69) is 10.6 Å². The number of carbonyl (C=O) groups excluding carboxylic acids is 2. The third kappa shape index (κ3) is 5.53. The van der Waals surface area contributed by atoms with Crippen molar-refractivity contribution in [2.24, 2.45) is 0 Å². The highest BCUT2D eigenvalue weighted by Crippen LogP contribution is 2.28. The summed E-state index contributed by atoms with van der Waals surface area (Å²) in [7, 11) is 0. The summed E-state index contributed by atoms with van der Waals surface area (Å²) in [5.41, 5.74) is 2.64. The molecular formula is C23H20Cl2N2O3. The summed E-state index contributed by atoms with van der Waals surface area (Å²) >= 11 is 12.0. The smallest absolute Gasteiger partial charge is 0.265 e. The SMILES string of the molecule is Cc1cc(NC(=O)[C@@H](C)Oc2ccc(Cl)cc2Cl)ccc1NC(=O)c1ccccc1. The van der Waals surface area contributed by atoms with Gasteiger partial charge in [0.05, 0.1) is 5.02 Å². The molecule has 3 aromatic rings. The highest BCUT2D eigenvalue weighted by molar-refractivity contribution is 6.35. The summed E-state index contributed by atoms with van der Waals surface area (Å²) < 4.78 is 5.63. The molecule has 0 bridgehead atoms. The summed E-state index contributed by atoms with van der Waals surface area (Å²) in [5, 5.41) is 6.49. The zero-order valence-corrected chi connectivity index (χ0v) is 17.9. The molecule has 5 nitrogen and oxygen atoms in total. The monoisotopic (exact) mass is 442 g/mol. The van der Waals surface area contributed by atoms with Crippen LogP contribution in [0.5, 0.6) is 5.75 Å². The van der Waals surface area contributed by atoms with E-state index in [9.17, 15) is 9.59 Å². The molecule has 3 rings (SSSR count). The van der Waals surface area contributed by atoms with Crippen LogP contribution in [0.4, 0.5) is 11.4 Å². The van der Waals surface area contributed by atoms with Gasteiger partial charge in [0.15, 0.2) is 6.10 Å². The van der Waals surface area contributed by atoms with Crippen molar-refractivity contribution in [1.82, 2.24) is 0 Å². The van der Waals surface area contributed by atoms with Gasteiger partial charge in [-0.15, -0.1) is 0 Å². The van der Waals surface area contributed by atoms with Crippen LogP contribution in [0.3, 0.4) is 0 Å². The van der Waals surface area contributed by atoms with Gasteiger partial charge in [-0.25, -0.2) is 0 Å². The summed E-state index contributed by atoms with van der Waals surface area (Å²) in [6.07, 6.45) is -0.776. The molecule has 0 saturated carbocycles. The van der Waals surface area contributed by atoms with Gasteiger partial charge in [0.25, 0.3) is 11.8 Å². The number of benzene rings is 3. The van der Waals surface area contributed by atoms with Crippen molar-refractivity contribution >= 4 is 46.4 Å². The number of anilines is 2. The third-order valence-electron chi connectivity index (χ3n) is 4.35. The average molecular weight is 443 g/mol. The molecule has 0 fully saturated rings. The first-order valence-corrected chi connectivity index (χ1v) is 9.98. The Kier molecular flexibility index (Phi) is 6.98. The number of rotatable bonds is 6. The first kappa shape index (κ1) is 21.7. The zero-order chi connectivity index (χ0) is 21.7. The number of halogens is 2. The first-order chi connectivity index (χ1) is 14.3. The van der Waals surface area contributed by atoms with Crippen molar-refractivity contribution in [3.63, 3.8) is 0 Å². The van der Waals surface area contributed by atoms with Crippen LogP contribution in [-0.4, -0.2) is 17.9 Å². The highest BCUT2D eigenvalue weighted by atomic mass is 35.5. The van der Waals surface area contributed by atoms with Gasteiger partial charge in [-0.1, -0.05) is 41.4 Å². The minimum absolute atomic E-state index is 0.197. The Morgan fingerprint density at radius 1 is 0.933 bits per heavy atom. The second-order valence-corrected chi connectivity index (χ2v) is 7.52. The van der Waals surface area contributed by atoms with E-state index in [0.717, 1.165) is 5.56 Å². The maximum atomic E-state index is 12.5. The number of aryl methyl sites for hydroxylation is 1. The van der Waals surface area contributed by atoms with E-state index in [1.165, 1.54) is 0 Å². The Morgan fingerprint density at radius 2 is 1.67 bits per heavy atom. The third-order valence-corrected chi connectivity index (χ3v) is 4.88. The van der Waals surface area contributed by atoms with Gasteiger partial charge in [0.1, 0.15) is 5.75 Å². The van der Waals surface area contributed by atoms with E-state index < -0.39 is 6.10 Å². The minimum Gasteiger partial charge on any atom is -0.479 e. The van der Waals surface area contributed by atoms with E-state index in [1.807, 2.05) is 13.0 Å². The molecule has 0 aliphatic heterocycles. The molecule has 0 spiro atoms. The fourth-order valence-corrected chi connectivity index (χ4v) is 3.18. The predicted molar refractivity (Wildman–Crippen MR) is 121 cm³/mol. The molecule has 30 heavy (non-hydrogen) atoms. The topological polar surface area (TPSA) is 67.4 Å². The maximum Gasteiger partial charge on any atom is 0.265 e. The van der Waals surface area contributed by atoms with Crippen LogP contribution in [-0.2, 0) is 4.79 Å². The van der Waals surface area contributed by atoms with Crippen LogP contribution >= 0.6 is 23.2 Å². The summed E-state index contributed by atoms with van der Waals surface area (Å²) in [6.45, 7) is 3.48. The van der Waals surface area contributed by atoms with Gasteiger partial charge >= 0.3 is 0 Å². The van der Waals surface area contributed by atoms with Crippen molar-refractivity contribution in [2.45, 2.75) is 20.0 Å². The molecule has 0 aliphatic rings. The molecule has 0 unspecified atom stereocenters. The van der Waals surface area contributed by atoms with Crippen molar-refractivity contribution in [3.8, 4) is 5.75 Å². The molecule has 7 heteroatoms. The zero-order valence-electron chi connectivity index (χ0n) is 16.4. The molecule has 0 radical (unpaired) electrons. The molecular weight excluding hydrogens is 423 g/mol. The van der Waals surface area contributed by atoms with E-state index in [-0.39, 0.29) is 11.8 Å². The molecule has 0 saturated heterocycles. The molecule has 0 aromatic heterocycles. The number of nitrogens with one attached hydrogen (secondary N) is 2. The van der Waals surface area contributed by atoms with E-state index in [1.54, 1.807) is 67.6 Å². The summed E-state index contributed by atoms with van der Waals surface area (Å²) in [6, 6.07) is 19.0. The van der Waals surface area contributed by atoms with Gasteiger partial charge in [-0.05, 0) is 67.9 Å². The first-order valence-electron chi connectivity index (χ1n) is 9.23. The molecule has 154 valence electrons. The van der Waals surface area contributed by atoms with Gasteiger partial charge < -0.3 is 15.4 Å². The number of hydrogen-bond donors (Lipinski definition) is 2. The standard InChI is InChI=1S/C23H20Cl2N2O3/c1-14-12-18(9-10-20(14)27-23(29)16-6-4-3-5-7-16)26-22(28)15(2)30-21-11-8-17(24)13-19(21)25/h3-13,15H,1-2H3,(H,26,28)(H,27,29)/t15-/m1/s1. The molecule has 3 aromatic carbocycles. The fourth-order valence-electron chi connectivity index (χ4n) is 2.72. The van der Waals surface area contributed by atoms with Gasteiger partial charge in [0.2, 0.25) is 0 Å². The van der Waals surface area contributed by atoms with Crippen LogP contribution in [0.15, 0.2) is 66.7 Å². The number of carbonyl (C=O) groups is 2. The Balaban J connectivity index is 1.63. The Hall–Kier alpha value is -3.02. The van der Waals surface area contributed by atoms with Gasteiger partial charge in [-0.3, -0.25) is 9.59 Å². The van der Waals surface area contributed by atoms with Crippen LogP contribution in [0.25, 0.3) is 0 Å². The second-order valence-electron chi connectivity index (χ2n) is 6.67. The minimum atomic E-state index is -0.776. The Bertz CT molecular complexity index is 1070. The van der Waals surface area contributed by atoms with Gasteiger partial charge in [0, 0.05) is 22.0 Å². The average Bonchev–Trinajstić information content (AvgIpc) is 2.72. The largest absolute Gasteiger partial charge is 0.479 e. The van der Waals surface area contributed by atoms with Crippen LogP contribution in [0.2, 0.25) is 10.0 Å². The second kappa shape index (κ2) is 9.65. The number of amides is 2. The molecule has 2 N–H and O–H groups in total. The highest BCUT2D eigenvalue weighted by Gasteiger charge is 2.17. The lowest BCUT2D eigenvalue weighted by Crippen LogP contribution is -2.30.